The van der Waals surface area contributed by atoms with Crippen molar-refractivity contribution in [3.05, 3.63) is 27.7 Å². The zero-order valence-corrected chi connectivity index (χ0v) is 8.56. The molecule has 6 heteroatoms. The lowest BCUT2D eigenvalue weighted by Crippen LogP contribution is -2.04. The number of hydrogen-bond donors (Lipinski definition) is 1. The van der Waals surface area contributed by atoms with Crippen molar-refractivity contribution in [3.8, 4) is 5.75 Å². The molecule has 3 nitrogen and oxygen atoms in total. The molecular weight excluding hydrogens is 262 g/mol. The second-order valence-electron chi connectivity index (χ2n) is 2.37. The molecule has 0 spiro atoms. The number of rotatable bonds is 2. The molecule has 14 heavy (non-hydrogen) atoms. The van der Waals surface area contributed by atoms with Crippen molar-refractivity contribution in [2.24, 2.45) is 0 Å². The second kappa shape index (κ2) is 3.91. The Hall–Kier alpha value is -1.17. The van der Waals surface area contributed by atoms with Crippen LogP contribution in [0, 0.1) is 11.6 Å². The standard InChI is InChI=1S/C8H5BrF2O3/c1-14-7-5(9)4(10)2-3(6(7)11)8(12)13/h2H,1H3,(H,12,13). The highest BCUT2D eigenvalue weighted by molar-refractivity contribution is 9.10. The molecule has 0 saturated carbocycles. The van der Waals surface area contributed by atoms with Crippen molar-refractivity contribution >= 4 is 21.9 Å². The lowest BCUT2D eigenvalue weighted by Gasteiger charge is -2.07. The molecule has 1 aromatic rings. The van der Waals surface area contributed by atoms with Crippen LogP contribution in [0.25, 0.3) is 0 Å². The number of carboxylic acids is 1. The molecule has 0 radical (unpaired) electrons. The molecule has 0 aliphatic heterocycles. The van der Waals surface area contributed by atoms with Gasteiger partial charge < -0.3 is 9.84 Å². The van der Waals surface area contributed by atoms with E-state index in [4.69, 9.17) is 5.11 Å². The summed E-state index contributed by atoms with van der Waals surface area (Å²) in [5, 5.41) is 8.52. The average molecular weight is 267 g/mol. The lowest BCUT2D eigenvalue weighted by molar-refractivity contribution is 0.0690. The van der Waals surface area contributed by atoms with E-state index >= 15 is 0 Å². The van der Waals surface area contributed by atoms with Crippen molar-refractivity contribution in [3.63, 3.8) is 0 Å². The van der Waals surface area contributed by atoms with Gasteiger partial charge in [0.25, 0.3) is 0 Å². The van der Waals surface area contributed by atoms with Crippen LogP contribution < -0.4 is 4.74 Å². The van der Waals surface area contributed by atoms with Gasteiger partial charge in [-0.25, -0.2) is 13.6 Å². The zero-order chi connectivity index (χ0) is 10.9. The van der Waals surface area contributed by atoms with E-state index in [1.165, 1.54) is 0 Å². The van der Waals surface area contributed by atoms with Crippen LogP contribution in [0.4, 0.5) is 8.78 Å². The number of carbonyl (C=O) groups is 1. The smallest absolute Gasteiger partial charge is 0.338 e. The van der Waals surface area contributed by atoms with E-state index in [0.717, 1.165) is 7.11 Å². The zero-order valence-electron chi connectivity index (χ0n) is 6.97. The van der Waals surface area contributed by atoms with Gasteiger partial charge in [-0.2, -0.15) is 0 Å². The van der Waals surface area contributed by atoms with Crippen LogP contribution in [-0.4, -0.2) is 18.2 Å². The summed E-state index contributed by atoms with van der Waals surface area (Å²) < 4.78 is 30.6. The van der Waals surface area contributed by atoms with Gasteiger partial charge in [-0.05, 0) is 22.0 Å². The monoisotopic (exact) mass is 266 g/mol. The van der Waals surface area contributed by atoms with Gasteiger partial charge in [-0.1, -0.05) is 0 Å². The molecule has 0 saturated heterocycles. The highest BCUT2D eigenvalue weighted by atomic mass is 79.9. The first-order valence-corrected chi connectivity index (χ1v) is 4.23. The van der Waals surface area contributed by atoms with Crippen LogP contribution in [0.2, 0.25) is 0 Å². The molecule has 1 aromatic carbocycles. The largest absolute Gasteiger partial charge is 0.492 e. The lowest BCUT2D eigenvalue weighted by atomic mass is 10.2. The minimum absolute atomic E-state index is 0.234. The molecule has 0 unspecified atom stereocenters. The van der Waals surface area contributed by atoms with Crippen molar-refractivity contribution in [2.45, 2.75) is 0 Å². The van der Waals surface area contributed by atoms with E-state index in [-0.39, 0.29) is 4.47 Å². The summed E-state index contributed by atoms with van der Waals surface area (Å²) in [7, 11) is 1.12. The number of carboxylic acid groups (broad SMARTS) is 1. The molecule has 1 N–H and O–H groups in total. The summed E-state index contributed by atoms with van der Waals surface area (Å²) in [5.41, 5.74) is -0.762. The number of benzene rings is 1. The highest BCUT2D eigenvalue weighted by Gasteiger charge is 2.21. The van der Waals surface area contributed by atoms with Crippen LogP contribution >= 0.6 is 15.9 Å². The Balaban J connectivity index is 3.50. The maximum atomic E-state index is 13.3. The van der Waals surface area contributed by atoms with Crippen LogP contribution in [-0.2, 0) is 0 Å². The van der Waals surface area contributed by atoms with E-state index in [1.807, 2.05) is 0 Å². The van der Waals surface area contributed by atoms with Gasteiger partial charge in [0.2, 0.25) is 0 Å². The van der Waals surface area contributed by atoms with E-state index in [0.29, 0.717) is 6.07 Å². The van der Waals surface area contributed by atoms with Gasteiger partial charge in [0.15, 0.2) is 11.6 Å². The quantitative estimate of drug-likeness (QED) is 0.837. The Morgan fingerprint density at radius 2 is 2.14 bits per heavy atom. The molecule has 1 rings (SSSR count). The second-order valence-corrected chi connectivity index (χ2v) is 3.17. The van der Waals surface area contributed by atoms with E-state index in [9.17, 15) is 13.6 Å². The summed E-state index contributed by atoms with van der Waals surface area (Å²) in [4.78, 5) is 10.5. The third kappa shape index (κ3) is 1.70. The maximum Gasteiger partial charge on any atom is 0.338 e. The molecule has 76 valence electrons. The number of methoxy groups -OCH3 is 1. The molecule has 0 atom stereocenters. The Morgan fingerprint density at radius 3 is 2.57 bits per heavy atom. The van der Waals surface area contributed by atoms with E-state index in [2.05, 4.69) is 20.7 Å². The van der Waals surface area contributed by atoms with Crippen molar-refractivity contribution < 1.29 is 23.4 Å². The molecular formula is C8H5BrF2O3. The topological polar surface area (TPSA) is 46.5 Å². The van der Waals surface area contributed by atoms with Crippen LogP contribution in [0.3, 0.4) is 0 Å². The first-order chi connectivity index (χ1) is 6.49. The Kier molecular flexibility index (Phi) is 3.05. The SMILES string of the molecule is COc1c(F)c(C(=O)O)cc(F)c1Br. The number of ether oxygens (including phenoxy) is 1. The number of halogens is 3. The highest BCUT2D eigenvalue weighted by Crippen LogP contribution is 2.32. The molecule has 0 fully saturated rings. The van der Waals surface area contributed by atoms with Gasteiger partial charge >= 0.3 is 5.97 Å². The van der Waals surface area contributed by atoms with Crippen LogP contribution in [0.15, 0.2) is 10.5 Å². The van der Waals surface area contributed by atoms with Crippen LogP contribution in [0.5, 0.6) is 5.75 Å². The average Bonchev–Trinajstić information content (AvgIpc) is 2.12. The van der Waals surface area contributed by atoms with Gasteiger partial charge in [0, 0.05) is 0 Å². The van der Waals surface area contributed by atoms with E-state index < -0.39 is 28.9 Å². The molecule has 0 aliphatic rings. The van der Waals surface area contributed by atoms with E-state index in [1.54, 1.807) is 0 Å². The third-order valence-corrected chi connectivity index (χ3v) is 2.29. The van der Waals surface area contributed by atoms with Crippen molar-refractivity contribution in [2.75, 3.05) is 7.11 Å². The van der Waals surface area contributed by atoms with Crippen molar-refractivity contribution in [1.82, 2.24) is 0 Å². The Morgan fingerprint density at radius 1 is 1.57 bits per heavy atom. The van der Waals surface area contributed by atoms with Crippen LogP contribution in [0.1, 0.15) is 10.4 Å². The first-order valence-electron chi connectivity index (χ1n) is 3.43. The van der Waals surface area contributed by atoms with Gasteiger partial charge in [-0.3, -0.25) is 0 Å². The fourth-order valence-corrected chi connectivity index (χ4v) is 1.37. The summed E-state index contributed by atoms with van der Waals surface area (Å²) in [5.74, 6) is -4.00. The third-order valence-electron chi connectivity index (χ3n) is 1.55. The fraction of sp³-hybridized carbons (Fsp3) is 0.125. The minimum Gasteiger partial charge on any atom is -0.492 e. The predicted molar refractivity (Wildman–Crippen MR) is 47.6 cm³/mol. The maximum absolute atomic E-state index is 13.3. The number of aromatic carboxylic acids is 1. The van der Waals surface area contributed by atoms with Gasteiger partial charge in [0.1, 0.15) is 11.4 Å². The fourth-order valence-electron chi connectivity index (χ4n) is 0.915. The molecule has 0 bridgehead atoms. The van der Waals surface area contributed by atoms with Gasteiger partial charge in [-0.15, -0.1) is 0 Å². The molecule has 0 aromatic heterocycles. The molecule has 0 aliphatic carbocycles. The Labute approximate surface area is 86.4 Å². The van der Waals surface area contributed by atoms with Gasteiger partial charge in [0.05, 0.1) is 11.6 Å². The summed E-state index contributed by atoms with van der Waals surface area (Å²) in [6.45, 7) is 0. The summed E-state index contributed by atoms with van der Waals surface area (Å²) in [6, 6.07) is 0.588. The van der Waals surface area contributed by atoms with Crippen molar-refractivity contribution in [1.29, 1.82) is 0 Å². The normalized spacial score (nSPS) is 10.0. The molecule has 0 amide bonds. The number of hydrogen-bond acceptors (Lipinski definition) is 2. The summed E-state index contributed by atoms with van der Waals surface area (Å²) >= 11 is 2.74. The molecule has 0 heterocycles. The minimum atomic E-state index is -1.55. The predicted octanol–water partition coefficient (Wildman–Crippen LogP) is 2.43. The summed E-state index contributed by atoms with van der Waals surface area (Å²) in [6.07, 6.45) is 0. The first kappa shape index (κ1) is 10.9. The Bertz CT molecular complexity index is 393.